The van der Waals surface area contributed by atoms with Gasteiger partial charge in [-0.05, 0) is 136 Å². The zero-order valence-corrected chi connectivity index (χ0v) is 26.4. The van der Waals surface area contributed by atoms with Crippen molar-refractivity contribution in [2.75, 3.05) is 0 Å². The molecular weight excluding hydrogens is 551 g/mol. The minimum absolute atomic E-state index is 0.666. The van der Waals surface area contributed by atoms with Crippen LogP contribution in [0.1, 0.15) is 33.4 Å². The fourth-order valence-electron chi connectivity index (χ4n) is 7.58. The molecule has 42 heavy (non-hydrogen) atoms. The molecule has 0 fully saturated rings. The van der Waals surface area contributed by atoms with E-state index in [1.807, 2.05) is 18.2 Å². The second kappa shape index (κ2) is 9.87. The lowest BCUT2D eigenvalue weighted by atomic mass is 9.88. The zero-order valence-electron chi connectivity index (χ0n) is 24.8. The van der Waals surface area contributed by atoms with Crippen molar-refractivity contribution >= 4 is 44.7 Å². The van der Waals surface area contributed by atoms with Gasteiger partial charge in [0.25, 0.3) is 0 Å². The Balaban J connectivity index is 1.81. The van der Waals surface area contributed by atoms with E-state index in [-0.39, 0.29) is 0 Å². The van der Waals surface area contributed by atoms with Crippen LogP contribution in [0.2, 0.25) is 10.0 Å². The Bertz CT molecular complexity index is 2070. The SMILES string of the molecule is Cc1cc(C)c(-c2cc(-c3c(C)cc(C)cc3C)c3cccc4c(-c5c(Cl)cccc5Cl)c5cccc2c5=c34)c(C)c1. The molecule has 0 spiro atoms. The van der Waals surface area contributed by atoms with E-state index in [0.29, 0.717) is 10.0 Å². The van der Waals surface area contributed by atoms with Gasteiger partial charge < -0.3 is 0 Å². The van der Waals surface area contributed by atoms with E-state index < -0.39 is 0 Å². The summed E-state index contributed by atoms with van der Waals surface area (Å²) in [5.41, 5.74) is 14.8. The Morgan fingerprint density at radius 2 is 0.738 bits per heavy atom. The van der Waals surface area contributed by atoms with Crippen LogP contribution in [-0.2, 0) is 0 Å². The van der Waals surface area contributed by atoms with Crippen LogP contribution in [0.25, 0.3) is 54.9 Å². The summed E-state index contributed by atoms with van der Waals surface area (Å²) in [6.07, 6.45) is 0. The molecule has 5 aromatic carbocycles. The van der Waals surface area contributed by atoms with E-state index >= 15 is 0 Å². The predicted molar refractivity (Wildman–Crippen MR) is 183 cm³/mol. The second-order valence-corrected chi connectivity index (χ2v) is 12.8. The van der Waals surface area contributed by atoms with E-state index in [0.717, 1.165) is 11.1 Å². The fourth-order valence-corrected chi connectivity index (χ4v) is 8.17. The molecule has 0 bridgehead atoms. The van der Waals surface area contributed by atoms with Crippen LogP contribution in [0.4, 0.5) is 0 Å². The highest BCUT2D eigenvalue weighted by Crippen LogP contribution is 2.47. The van der Waals surface area contributed by atoms with Crippen molar-refractivity contribution in [2.24, 2.45) is 0 Å². The average Bonchev–Trinajstić information content (AvgIpc) is 3.17. The second-order valence-electron chi connectivity index (χ2n) is 11.9. The normalized spacial score (nSPS) is 11.8. The van der Waals surface area contributed by atoms with E-state index in [2.05, 4.69) is 108 Å². The first-order chi connectivity index (χ1) is 20.2. The summed E-state index contributed by atoms with van der Waals surface area (Å²) in [5, 5.41) is 8.70. The van der Waals surface area contributed by atoms with Crippen molar-refractivity contribution in [2.45, 2.75) is 41.5 Å². The van der Waals surface area contributed by atoms with Crippen molar-refractivity contribution in [1.29, 1.82) is 0 Å². The smallest absolute Gasteiger partial charge is 0.0499 e. The van der Waals surface area contributed by atoms with Gasteiger partial charge in [0.05, 0.1) is 0 Å². The molecule has 0 aliphatic heterocycles. The first-order valence-electron chi connectivity index (χ1n) is 14.5. The number of hydrogen-bond acceptors (Lipinski definition) is 0. The van der Waals surface area contributed by atoms with Crippen molar-refractivity contribution in [1.82, 2.24) is 0 Å². The van der Waals surface area contributed by atoms with E-state index in [9.17, 15) is 0 Å². The Morgan fingerprint density at radius 3 is 1.14 bits per heavy atom. The van der Waals surface area contributed by atoms with Crippen LogP contribution < -0.4 is 0 Å². The molecule has 0 atom stereocenters. The molecule has 0 N–H and O–H groups in total. The van der Waals surface area contributed by atoms with Gasteiger partial charge in [-0.3, -0.25) is 0 Å². The largest absolute Gasteiger partial charge is 0.0836 e. The maximum atomic E-state index is 6.91. The molecule has 0 nitrogen and oxygen atoms in total. The van der Waals surface area contributed by atoms with E-state index in [1.54, 1.807) is 0 Å². The Morgan fingerprint density at radius 1 is 0.381 bits per heavy atom. The molecule has 0 saturated carbocycles. The monoisotopic (exact) mass is 582 g/mol. The summed E-state index contributed by atoms with van der Waals surface area (Å²) in [5.74, 6) is 0. The minimum Gasteiger partial charge on any atom is -0.0836 e. The van der Waals surface area contributed by atoms with Crippen LogP contribution in [0.5, 0.6) is 0 Å². The van der Waals surface area contributed by atoms with Crippen molar-refractivity contribution in [3.8, 4) is 33.4 Å². The highest BCUT2D eigenvalue weighted by atomic mass is 35.5. The van der Waals surface area contributed by atoms with Gasteiger partial charge in [-0.2, -0.15) is 0 Å². The third-order valence-electron chi connectivity index (χ3n) is 8.89. The topological polar surface area (TPSA) is 0 Å². The molecule has 0 heterocycles. The van der Waals surface area contributed by atoms with Gasteiger partial charge in [-0.15, -0.1) is 0 Å². The minimum atomic E-state index is 0.666. The maximum absolute atomic E-state index is 6.91. The summed E-state index contributed by atoms with van der Waals surface area (Å²) in [6, 6.07) is 30.9. The summed E-state index contributed by atoms with van der Waals surface area (Å²) < 4.78 is 0. The zero-order chi connectivity index (χ0) is 29.4. The molecule has 2 aliphatic carbocycles. The Kier molecular flexibility index (Phi) is 6.35. The third-order valence-corrected chi connectivity index (χ3v) is 9.52. The van der Waals surface area contributed by atoms with Crippen molar-refractivity contribution < 1.29 is 0 Å². The number of rotatable bonds is 3. The number of halogens is 2. The Hall–Kier alpha value is -3.84. The molecule has 2 aliphatic rings. The molecule has 0 aromatic heterocycles. The molecule has 0 saturated heterocycles. The molecule has 5 aromatic rings. The summed E-state index contributed by atoms with van der Waals surface area (Å²) in [6.45, 7) is 13.3. The molecule has 206 valence electrons. The lowest BCUT2D eigenvalue weighted by Gasteiger charge is -2.16. The van der Waals surface area contributed by atoms with Crippen molar-refractivity contribution in [3.63, 3.8) is 0 Å². The van der Waals surface area contributed by atoms with Crippen LogP contribution in [0, 0.1) is 52.0 Å². The van der Waals surface area contributed by atoms with Crippen LogP contribution in [0.15, 0.2) is 84.9 Å². The number of aryl methyl sites for hydroxylation is 6. The van der Waals surface area contributed by atoms with E-state index in [1.165, 1.54) is 87.6 Å². The molecule has 7 rings (SSSR count). The first kappa shape index (κ1) is 27.0. The average molecular weight is 584 g/mol. The Labute approximate surface area is 257 Å². The van der Waals surface area contributed by atoms with Gasteiger partial charge in [0, 0.05) is 21.2 Å². The first-order valence-corrected chi connectivity index (χ1v) is 15.3. The van der Waals surface area contributed by atoms with Crippen LogP contribution in [-0.4, -0.2) is 0 Å². The van der Waals surface area contributed by atoms with Gasteiger partial charge in [0.1, 0.15) is 0 Å². The third kappa shape index (κ3) is 3.97. The molecule has 0 amide bonds. The van der Waals surface area contributed by atoms with E-state index in [4.69, 9.17) is 23.2 Å². The number of benzene rings is 5. The van der Waals surface area contributed by atoms with Gasteiger partial charge >= 0.3 is 0 Å². The summed E-state index contributed by atoms with van der Waals surface area (Å²) in [4.78, 5) is 0. The van der Waals surface area contributed by atoms with Crippen LogP contribution >= 0.6 is 23.2 Å². The van der Waals surface area contributed by atoms with Gasteiger partial charge in [0.2, 0.25) is 0 Å². The molecular formula is C40H32Cl2. The van der Waals surface area contributed by atoms with Gasteiger partial charge in [0.15, 0.2) is 0 Å². The quantitative estimate of drug-likeness (QED) is 0.194. The maximum Gasteiger partial charge on any atom is 0.0499 e. The summed E-state index contributed by atoms with van der Waals surface area (Å²) >= 11 is 13.8. The highest BCUT2D eigenvalue weighted by molar-refractivity contribution is 6.40. The van der Waals surface area contributed by atoms with Crippen molar-refractivity contribution in [3.05, 3.63) is 139 Å². The lowest BCUT2D eigenvalue weighted by molar-refractivity contribution is 1.32. The summed E-state index contributed by atoms with van der Waals surface area (Å²) in [7, 11) is 0. The molecule has 0 unspecified atom stereocenters. The van der Waals surface area contributed by atoms with Gasteiger partial charge in [-0.25, -0.2) is 0 Å². The standard InChI is InChI=1S/C40H32Cl2/c1-21-16-23(3)35(24(4)17-21)31-20-32(36-25(5)18-22(2)19-26(36)6)28-11-8-13-30-38(28)37-27(31)10-7-12-29(37)39(30)40-33(41)14-9-15-34(40)42/h7-20H,1-6H3. The lowest BCUT2D eigenvalue weighted by Crippen LogP contribution is -1.93. The molecule has 0 radical (unpaired) electrons. The van der Waals surface area contributed by atoms with Gasteiger partial charge in [-0.1, -0.05) is 101 Å². The van der Waals surface area contributed by atoms with Crippen LogP contribution in [0.3, 0.4) is 0 Å². The fraction of sp³-hybridized carbons (Fsp3) is 0.150. The highest BCUT2D eigenvalue weighted by Gasteiger charge is 2.23. The predicted octanol–water partition coefficient (Wildman–Crippen LogP) is 12.3. The molecule has 2 heteroatoms. The number of hydrogen-bond donors (Lipinski definition) is 0.